The molecule has 0 fully saturated rings. The molecule has 2 aromatic rings. The van der Waals surface area contributed by atoms with Gasteiger partial charge in [-0.2, -0.15) is 0 Å². The predicted molar refractivity (Wildman–Crippen MR) is 120 cm³/mol. The fourth-order valence-corrected chi connectivity index (χ4v) is 3.46. The van der Waals surface area contributed by atoms with Gasteiger partial charge in [-0.25, -0.2) is 8.42 Å². The molecule has 9 heteroatoms. The maximum atomic E-state index is 12.6. The molecule has 0 aliphatic carbocycles. The number of rotatable bonds is 10. The molecule has 3 N–H and O–H groups in total. The van der Waals surface area contributed by atoms with Gasteiger partial charge in [0.2, 0.25) is 15.9 Å². The monoisotopic (exact) mass is 432 g/mol. The van der Waals surface area contributed by atoms with Crippen LogP contribution in [0.3, 0.4) is 0 Å². The lowest BCUT2D eigenvalue weighted by molar-refractivity contribution is -0.114. The zero-order valence-electron chi connectivity index (χ0n) is 17.4. The van der Waals surface area contributed by atoms with E-state index in [0.29, 0.717) is 12.2 Å². The first-order valence-corrected chi connectivity index (χ1v) is 11.5. The summed E-state index contributed by atoms with van der Waals surface area (Å²) >= 11 is 0. The summed E-state index contributed by atoms with van der Waals surface area (Å²) in [6.45, 7) is 2.65. The van der Waals surface area contributed by atoms with Gasteiger partial charge in [-0.3, -0.25) is 14.3 Å². The Morgan fingerprint density at radius 2 is 1.73 bits per heavy atom. The average Bonchev–Trinajstić information content (AvgIpc) is 2.67. The fraction of sp³-hybridized carbons (Fsp3) is 0.333. The van der Waals surface area contributed by atoms with Crippen molar-refractivity contribution in [3.05, 3.63) is 54.1 Å². The zero-order chi connectivity index (χ0) is 22.1. The van der Waals surface area contributed by atoms with Crippen molar-refractivity contribution in [2.24, 2.45) is 0 Å². The predicted octanol–water partition coefficient (Wildman–Crippen LogP) is 2.66. The van der Waals surface area contributed by atoms with Crippen LogP contribution >= 0.6 is 0 Å². The number of benzene rings is 2. The number of carbonyl (C=O) groups is 2. The van der Waals surface area contributed by atoms with Gasteiger partial charge in [0.05, 0.1) is 17.5 Å². The van der Waals surface area contributed by atoms with Crippen LogP contribution in [-0.2, 0) is 14.8 Å². The van der Waals surface area contributed by atoms with Gasteiger partial charge in [0, 0.05) is 38.4 Å². The van der Waals surface area contributed by atoms with Crippen LogP contribution in [0.15, 0.2) is 48.5 Å². The van der Waals surface area contributed by atoms with Crippen molar-refractivity contribution < 1.29 is 18.0 Å². The van der Waals surface area contributed by atoms with Crippen LogP contribution in [0.5, 0.6) is 0 Å². The van der Waals surface area contributed by atoms with Crippen LogP contribution in [0.1, 0.15) is 30.1 Å². The van der Waals surface area contributed by atoms with Gasteiger partial charge in [-0.15, -0.1) is 0 Å². The number of anilines is 3. The number of amides is 2. The molecule has 2 rings (SSSR count). The van der Waals surface area contributed by atoms with E-state index in [4.69, 9.17) is 0 Å². The molecule has 2 aromatic carbocycles. The molecule has 30 heavy (non-hydrogen) atoms. The van der Waals surface area contributed by atoms with Crippen LogP contribution in [0.2, 0.25) is 0 Å². The van der Waals surface area contributed by atoms with Crippen molar-refractivity contribution in [3.63, 3.8) is 0 Å². The van der Waals surface area contributed by atoms with Gasteiger partial charge in [-0.05, 0) is 43.2 Å². The second kappa shape index (κ2) is 10.6. The molecule has 0 aromatic heterocycles. The number of hydrogen-bond acceptors (Lipinski definition) is 5. The first-order chi connectivity index (χ1) is 14.2. The molecule has 0 saturated carbocycles. The summed E-state index contributed by atoms with van der Waals surface area (Å²) in [5.74, 6) is -0.697. The maximum absolute atomic E-state index is 12.6. The molecule has 0 spiro atoms. The van der Waals surface area contributed by atoms with Crippen LogP contribution in [-0.4, -0.2) is 46.6 Å². The quantitative estimate of drug-likeness (QED) is 0.500. The number of para-hydroxylation sites is 1. The van der Waals surface area contributed by atoms with Gasteiger partial charge < -0.3 is 15.5 Å². The van der Waals surface area contributed by atoms with Crippen LogP contribution < -0.4 is 20.3 Å². The molecule has 162 valence electrons. The van der Waals surface area contributed by atoms with Crippen LogP contribution in [0, 0.1) is 0 Å². The summed E-state index contributed by atoms with van der Waals surface area (Å²) in [4.78, 5) is 26.1. The molecule has 0 bridgehead atoms. The van der Waals surface area contributed by atoms with Crippen molar-refractivity contribution in [3.8, 4) is 0 Å². The number of sulfonamides is 1. The third-order valence-electron chi connectivity index (χ3n) is 4.28. The van der Waals surface area contributed by atoms with Gasteiger partial charge in [0.15, 0.2) is 0 Å². The number of nitrogens with one attached hydrogen (secondary N) is 3. The van der Waals surface area contributed by atoms with E-state index in [9.17, 15) is 18.0 Å². The van der Waals surface area contributed by atoms with E-state index < -0.39 is 15.9 Å². The Bertz CT molecular complexity index is 978. The lowest BCUT2D eigenvalue weighted by Crippen LogP contribution is -2.27. The maximum Gasteiger partial charge on any atom is 0.253 e. The molecular weight excluding hydrogens is 404 g/mol. The van der Waals surface area contributed by atoms with E-state index in [1.54, 1.807) is 0 Å². The summed E-state index contributed by atoms with van der Waals surface area (Å²) < 4.78 is 25.5. The summed E-state index contributed by atoms with van der Waals surface area (Å²) in [5.41, 5.74) is 1.85. The first-order valence-electron chi connectivity index (χ1n) is 9.59. The van der Waals surface area contributed by atoms with E-state index >= 15 is 0 Å². The molecule has 0 heterocycles. The van der Waals surface area contributed by atoms with E-state index in [0.717, 1.165) is 31.3 Å². The number of carbonyl (C=O) groups excluding carboxylic acids is 2. The topological polar surface area (TPSA) is 108 Å². The Morgan fingerprint density at radius 3 is 2.37 bits per heavy atom. The van der Waals surface area contributed by atoms with E-state index in [-0.39, 0.29) is 17.2 Å². The standard InChI is InChI=1S/C21H28N4O4S/c1-16(26)23-17-11-12-20(24-30(3,28)29)19(15-17)21(27)22-13-7-8-14-25(2)18-9-5-4-6-10-18/h4-6,9-12,15,24H,7-8,13-14H2,1-3H3,(H,22,27)(H,23,26). The second-order valence-electron chi connectivity index (χ2n) is 7.04. The Hall–Kier alpha value is -3.07. The van der Waals surface area contributed by atoms with Crippen molar-refractivity contribution in [1.82, 2.24) is 5.32 Å². The SMILES string of the molecule is CC(=O)Nc1ccc(NS(C)(=O)=O)c(C(=O)NCCCCN(C)c2ccccc2)c1. The third kappa shape index (κ3) is 7.75. The van der Waals surface area contributed by atoms with Gasteiger partial charge >= 0.3 is 0 Å². The van der Waals surface area contributed by atoms with E-state index in [1.165, 1.54) is 25.1 Å². The second-order valence-corrected chi connectivity index (χ2v) is 8.78. The summed E-state index contributed by atoms with van der Waals surface area (Å²) in [6.07, 6.45) is 2.66. The molecule has 0 radical (unpaired) electrons. The fourth-order valence-electron chi connectivity index (χ4n) is 2.88. The first kappa shape index (κ1) is 23.2. The molecule has 2 amide bonds. The minimum absolute atomic E-state index is 0.146. The normalized spacial score (nSPS) is 10.9. The van der Waals surface area contributed by atoms with E-state index in [2.05, 4.69) is 20.3 Å². The van der Waals surface area contributed by atoms with Gasteiger partial charge in [0.1, 0.15) is 0 Å². The third-order valence-corrected chi connectivity index (χ3v) is 4.87. The highest BCUT2D eigenvalue weighted by Crippen LogP contribution is 2.22. The van der Waals surface area contributed by atoms with Crippen molar-refractivity contribution in [1.29, 1.82) is 0 Å². The molecular formula is C21H28N4O4S. The summed E-state index contributed by atoms with van der Waals surface area (Å²) in [5, 5.41) is 5.41. The van der Waals surface area contributed by atoms with E-state index in [1.807, 2.05) is 37.4 Å². The highest BCUT2D eigenvalue weighted by molar-refractivity contribution is 7.92. The Balaban J connectivity index is 1.94. The summed E-state index contributed by atoms with van der Waals surface area (Å²) in [7, 11) is -1.54. The minimum atomic E-state index is -3.56. The van der Waals surface area contributed by atoms with Gasteiger partial charge in [-0.1, -0.05) is 18.2 Å². The number of hydrogen-bond donors (Lipinski definition) is 3. The Labute approximate surface area is 177 Å². The average molecular weight is 433 g/mol. The number of unbranched alkanes of at least 4 members (excludes halogenated alkanes) is 1. The highest BCUT2D eigenvalue weighted by atomic mass is 32.2. The molecule has 8 nitrogen and oxygen atoms in total. The van der Waals surface area contributed by atoms with Crippen molar-refractivity contribution in [2.45, 2.75) is 19.8 Å². The Morgan fingerprint density at radius 1 is 1.03 bits per heavy atom. The van der Waals surface area contributed by atoms with Crippen molar-refractivity contribution >= 4 is 38.9 Å². The smallest absolute Gasteiger partial charge is 0.253 e. The largest absolute Gasteiger partial charge is 0.375 e. The van der Waals surface area contributed by atoms with Crippen LogP contribution in [0.4, 0.5) is 17.1 Å². The molecule has 0 saturated heterocycles. The minimum Gasteiger partial charge on any atom is -0.375 e. The number of nitrogens with zero attached hydrogens (tertiary/aromatic N) is 1. The molecule has 0 aliphatic rings. The summed E-state index contributed by atoms with van der Waals surface area (Å²) in [6, 6.07) is 14.5. The molecule has 0 atom stereocenters. The zero-order valence-corrected chi connectivity index (χ0v) is 18.3. The van der Waals surface area contributed by atoms with Crippen LogP contribution in [0.25, 0.3) is 0 Å². The van der Waals surface area contributed by atoms with Gasteiger partial charge in [0.25, 0.3) is 5.91 Å². The molecule has 0 aliphatic heterocycles. The van der Waals surface area contributed by atoms with Crippen molar-refractivity contribution in [2.75, 3.05) is 41.3 Å². The Kier molecular flexibility index (Phi) is 8.23. The lowest BCUT2D eigenvalue weighted by Gasteiger charge is -2.19. The molecule has 0 unspecified atom stereocenters. The highest BCUT2D eigenvalue weighted by Gasteiger charge is 2.15. The lowest BCUT2D eigenvalue weighted by atomic mass is 10.1.